The third-order valence-corrected chi connectivity index (χ3v) is 7.16. The molecule has 1 aliphatic carbocycles. The number of ketones is 1. The zero-order valence-electron chi connectivity index (χ0n) is 17.6. The summed E-state index contributed by atoms with van der Waals surface area (Å²) in [6.07, 6.45) is 1.33. The van der Waals surface area contributed by atoms with Crippen LogP contribution in [0.5, 0.6) is 0 Å². The van der Waals surface area contributed by atoms with Gasteiger partial charge in [0.25, 0.3) is 0 Å². The van der Waals surface area contributed by atoms with Gasteiger partial charge in [-0.15, -0.1) is 0 Å². The Morgan fingerprint density at radius 2 is 1.97 bits per heavy atom. The van der Waals surface area contributed by atoms with E-state index in [1.54, 1.807) is 47.4 Å². The number of nitrogens with zero attached hydrogens (tertiary/aromatic N) is 1. The molecule has 1 unspecified atom stereocenters. The lowest BCUT2D eigenvalue weighted by molar-refractivity contribution is -0.138. The van der Waals surface area contributed by atoms with E-state index in [1.807, 2.05) is 0 Å². The van der Waals surface area contributed by atoms with Crippen LogP contribution in [0.3, 0.4) is 0 Å². The van der Waals surface area contributed by atoms with Gasteiger partial charge in [0.15, 0.2) is 5.78 Å². The van der Waals surface area contributed by atoms with Gasteiger partial charge in [0.05, 0.1) is 17.8 Å². The number of hydrogen-bond acceptors (Lipinski definition) is 6. The molecule has 1 atom stereocenters. The zero-order valence-corrected chi connectivity index (χ0v) is 19.9. The number of nitrogens with two attached hydrogens (primary N) is 1. The molecule has 1 amide bonds. The summed E-state index contributed by atoms with van der Waals surface area (Å²) >= 11 is 9.96. The molecule has 0 saturated heterocycles. The number of ether oxygens (including phenoxy) is 1. The number of nitrogens with one attached hydrogen (secondary N) is 1. The summed E-state index contributed by atoms with van der Waals surface area (Å²) < 4.78 is 5.86. The molecule has 9 heteroatoms. The molecule has 1 spiro atoms. The minimum atomic E-state index is -1.70. The molecule has 2 aromatic carbocycles. The maximum atomic E-state index is 13.7. The van der Waals surface area contributed by atoms with Crippen LogP contribution in [0.2, 0.25) is 5.02 Å². The fourth-order valence-corrected chi connectivity index (χ4v) is 5.86. The Labute approximate surface area is 203 Å². The molecule has 168 valence electrons. The maximum Gasteiger partial charge on any atom is 0.339 e. The van der Waals surface area contributed by atoms with E-state index in [0.717, 1.165) is 4.47 Å². The van der Waals surface area contributed by atoms with Crippen molar-refractivity contribution in [1.82, 2.24) is 0 Å². The van der Waals surface area contributed by atoms with Gasteiger partial charge in [0.1, 0.15) is 16.8 Å². The summed E-state index contributed by atoms with van der Waals surface area (Å²) in [7, 11) is 1.22. The van der Waals surface area contributed by atoms with E-state index in [2.05, 4.69) is 21.2 Å². The number of esters is 1. The van der Waals surface area contributed by atoms with Gasteiger partial charge in [-0.25, -0.2) is 4.79 Å². The van der Waals surface area contributed by atoms with E-state index in [-0.39, 0.29) is 29.2 Å². The summed E-state index contributed by atoms with van der Waals surface area (Å²) in [5.74, 6) is -1.50. The van der Waals surface area contributed by atoms with Crippen LogP contribution in [0.1, 0.15) is 24.8 Å². The average Bonchev–Trinajstić information content (AvgIpc) is 3.07. The first-order chi connectivity index (χ1) is 15.8. The minimum Gasteiger partial charge on any atom is -0.466 e. The number of allylic oxidation sites excluding steroid dienone is 1. The summed E-state index contributed by atoms with van der Waals surface area (Å²) in [5.41, 5.74) is 7.21. The molecular formula is C24H19BrClN3O4. The number of amides is 1. The average molecular weight is 529 g/mol. The Morgan fingerprint density at radius 3 is 2.70 bits per heavy atom. The lowest BCUT2D eigenvalue weighted by Crippen LogP contribution is -2.53. The highest BCUT2D eigenvalue weighted by Crippen LogP contribution is 2.55. The third-order valence-electron chi connectivity index (χ3n) is 6.36. The van der Waals surface area contributed by atoms with Crippen LogP contribution in [0.25, 0.3) is 0 Å². The van der Waals surface area contributed by atoms with Gasteiger partial charge < -0.3 is 15.8 Å². The molecule has 3 aliphatic rings. The monoisotopic (exact) mass is 527 g/mol. The van der Waals surface area contributed by atoms with Crippen LogP contribution < -0.4 is 16.0 Å². The van der Waals surface area contributed by atoms with Gasteiger partial charge in [0, 0.05) is 33.4 Å². The fraction of sp³-hybridized carbons (Fsp3) is 0.208. The number of Topliss-reactive ketones (excluding diaryl/α,β-unsaturated/α-hetero) is 1. The first kappa shape index (κ1) is 21.7. The fourth-order valence-electron chi connectivity index (χ4n) is 5.10. The van der Waals surface area contributed by atoms with Gasteiger partial charge >= 0.3 is 5.97 Å². The molecule has 5 rings (SSSR count). The third kappa shape index (κ3) is 2.90. The highest BCUT2D eigenvalue weighted by atomic mass is 79.9. The van der Waals surface area contributed by atoms with E-state index in [0.29, 0.717) is 40.5 Å². The Bertz CT molecular complexity index is 1320. The lowest BCUT2D eigenvalue weighted by Gasteiger charge is -2.44. The number of carbonyl (C=O) groups excluding carboxylic acids is 3. The molecule has 2 aromatic rings. The number of fused-ring (bicyclic) bond motifs is 3. The predicted octanol–water partition coefficient (Wildman–Crippen LogP) is 4.16. The van der Waals surface area contributed by atoms with E-state index in [9.17, 15) is 14.4 Å². The highest BCUT2D eigenvalue weighted by Gasteiger charge is 2.61. The topological polar surface area (TPSA) is 102 Å². The van der Waals surface area contributed by atoms with Crippen LogP contribution >= 0.6 is 27.5 Å². The number of rotatable bonds is 2. The first-order valence-corrected chi connectivity index (χ1v) is 11.5. The van der Waals surface area contributed by atoms with Gasteiger partial charge in [-0.2, -0.15) is 0 Å². The first-order valence-electron chi connectivity index (χ1n) is 10.3. The van der Waals surface area contributed by atoms with Crippen molar-refractivity contribution in [3.8, 4) is 0 Å². The molecule has 0 bridgehead atoms. The molecule has 0 saturated carbocycles. The van der Waals surface area contributed by atoms with Crippen LogP contribution in [0, 0.1) is 0 Å². The quantitative estimate of drug-likeness (QED) is 0.568. The Hall–Kier alpha value is -3.10. The second kappa shape index (κ2) is 7.74. The van der Waals surface area contributed by atoms with Crippen LogP contribution in [-0.2, 0) is 24.5 Å². The van der Waals surface area contributed by atoms with Crippen LogP contribution in [0.15, 0.2) is 69.6 Å². The van der Waals surface area contributed by atoms with Crippen molar-refractivity contribution in [2.24, 2.45) is 5.73 Å². The second-order valence-electron chi connectivity index (χ2n) is 8.03. The minimum absolute atomic E-state index is 0.00590. The van der Waals surface area contributed by atoms with Gasteiger partial charge in [-0.3, -0.25) is 14.5 Å². The highest BCUT2D eigenvalue weighted by molar-refractivity contribution is 9.10. The molecule has 0 radical (unpaired) electrons. The van der Waals surface area contributed by atoms with Crippen molar-refractivity contribution in [1.29, 1.82) is 0 Å². The Morgan fingerprint density at radius 1 is 1.21 bits per heavy atom. The maximum absolute atomic E-state index is 13.7. The number of hydrogen-bond donors (Lipinski definition) is 2. The molecule has 0 fully saturated rings. The van der Waals surface area contributed by atoms with Crippen molar-refractivity contribution in [2.45, 2.75) is 24.7 Å². The van der Waals surface area contributed by atoms with Crippen LogP contribution in [-0.4, -0.2) is 24.8 Å². The Balaban J connectivity index is 1.92. The Kier molecular flexibility index (Phi) is 5.10. The number of carbonyl (C=O) groups is 3. The second-order valence-corrected chi connectivity index (χ2v) is 9.35. The van der Waals surface area contributed by atoms with Crippen molar-refractivity contribution < 1.29 is 19.1 Å². The van der Waals surface area contributed by atoms with E-state index in [1.165, 1.54) is 7.11 Å². The molecular weight excluding hydrogens is 510 g/mol. The summed E-state index contributed by atoms with van der Waals surface area (Å²) in [5, 5.41) is 3.21. The molecule has 2 heterocycles. The SMILES string of the molecule is COC(=O)C1=C(N)N(c2ccc(Br)cc2Cl)C2=C(C(=O)CCC2)C12C(=O)Nc1ccccc12. The molecule has 3 N–H and O–H groups in total. The van der Waals surface area contributed by atoms with E-state index in [4.69, 9.17) is 22.1 Å². The molecule has 0 aromatic heterocycles. The largest absolute Gasteiger partial charge is 0.466 e. The van der Waals surface area contributed by atoms with E-state index < -0.39 is 17.3 Å². The summed E-state index contributed by atoms with van der Waals surface area (Å²) in [4.78, 5) is 42.1. The molecule has 2 aliphatic heterocycles. The molecule has 7 nitrogen and oxygen atoms in total. The van der Waals surface area contributed by atoms with Gasteiger partial charge in [0.2, 0.25) is 5.91 Å². The number of para-hydroxylation sites is 1. The zero-order chi connectivity index (χ0) is 23.5. The number of methoxy groups -OCH3 is 1. The normalized spacial score (nSPS) is 21.8. The van der Waals surface area contributed by atoms with E-state index >= 15 is 0 Å². The number of anilines is 2. The van der Waals surface area contributed by atoms with Gasteiger partial charge in [-0.05, 0) is 37.1 Å². The van der Waals surface area contributed by atoms with Gasteiger partial charge in [-0.1, -0.05) is 45.7 Å². The van der Waals surface area contributed by atoms with Crippen molar-refractivity contribution in [3.05, 3.63) is 80.2 Å². The summed E-state index contributed by atoms with van der Waals surface area (Å²) in [6.45, 7) is 0. The standard InChI is InChI=1S/C24H19BrClN3O4/c1-33-22(31)20-21(27)29(16-10-9-12(25)11-14(16)26)17-7-4-8-18(30)19(17)24(20)13-5-2-3-6-15(13)28-23(24)32/h2-3,5-6,9-11H,4,7-8,27H2,1H3,(H,28,32). The van der Waals surface area contributed by atoms with Crippen molar-refractivity contribution in [2.75, 3.05) is 17.3 Å². The smallest absolute Gasteiger partial charge is 0.339 e. The lowest BCUT2D eigenvalue weighted by atomic mass is 9.63. The number of halogens is 2. The van der Waals surface area contributed by atoms with Crippen molar-refractivity contribution in [3.63, 3.8) is 0 Å². The predicted molar refractivity (Wildman–Crippen MR) is 127 cm³/mol. The molecule has 33 heavy (non-hydrogen) atoms. The summed E-state index contributed by atoms with van der Waals surface area (Å²) in [6, 6.07) is 12.2. The number of benzene rings is 2. The van der Waals surface area contributed by atoms with Crippen LogP contribution in [0.4, 0.5) is 11.4 Å². The van der Waals surface area contributed by atoms with Crippen molar-refractivity contribution >= 4 is 56.6 Å².